The molecule has 0 radical (unpaired) electrons. The second kappa shape index (κ2) is 5.09. The Balaban J connectivity index is 3.06. The average Bonchev–Trinajstić information content (AvgIpc) is 1.83. The molecule has 1 atom stereocenters. The molecule has 0 aromatic carbocycles. The molecule has 0 heterocycles. The summed E-state index contributed by atoms with van der Waals surface area (Å²) in [4.78, 5) is 0. The molecule has 0 saturated heterocycles. The first kappa shape index (κ1) is 9.27. The van der Waals surface area contributed by atoms with E-state index < -0.39 is 11.4 Å². The standard InChI is InChI=1S/C6H15NOS/c1-4-9(8)7-5-6(2)3/h6-7H,4-5H2,1-3H3. The largest absolute Gasteiger partial charge is 0.598 e. The quantitative estimate of drug-likeness (QED) is 0.603. The molecule has 2 nitrogen and oxygen atoms in total. The van der Waals surface area contributed by atoms with Crippen LogP contribution in [0.1, 0.15) is 20.8 Å². The van der Waals surface area contributed by atoms with Crippen LogP contribution in [0, 0.1) is 5.92 Å². The molecule has 0 amide bonds. The lowest BCUT2D eigenvalue weighted by Crippen LogP contribution is -2.28. The van der Waals surface area contributed by atoms with Crippen molar-refractivity contribution in [3.05, 3.63) is 0 Å². The first-order valence-electron chi connectivity index (χ1n) is 3.28. The Morgan fingerprint density at radius 2 is 2.11 bits per heavy atom. The maximum atomic E-state index is 10.7. The third-order valence-corrected chi connectivity index (χ3v) is 1.93. The molecule has 0 aliphatic heterocycles. The van der Waals surface area contributed by atoms with Crippen molar-refractivity contribution in [2.75, 3.05) is 12.3 Å². The molecule has 0 fully saturated rings. The van der Waals surface area contributed by atoms with Crippen LogP contribution in [-0.2, 0) is 11.4 Å². The summed E-state index contributed by atoms with van der Waals surface area (Å²) < 4.78 is 13.6. The zero-order valence-corrected chi connectivity index (χ0v) is 7.12. The Labute approximate surface area is 60.3 Å². The van der Waals surface area contributed by atoms with Crippen LogP contribution in [0.15, 0.2) is 0 Å². The van der Waals surface area contributed by atoms with Gasteiger partial charge in [0.2, 0.25) is 0 Å². The van der Waals surface area contributed by atoms with Crippen LogP contribution in [0.4, 0.5) is 0 Å². The van der Waals surface area contributed by atoms with Gasteiger partial charge in [-0.2, -0.15) is 0 Å². The van der Waals surface area contributed by atoms with Gasteiger partial charge >= 0.3 is 0 Å². The van der Waals surface area contributed by atoms with Crippen molar-refractivity contribution in [2.45, 2.75) is 20.8 Å². The van der Waals surface area contributed by atoms with E-state index in [0.29, 0.717) is 11.7 Å². The van der Waals surface area contributed by atoms with Gasteiger partial charge in [0.1, 0.15) is 5.75 Å². The van der Waals surface area contributed by atoms with Crippen molar-refractivity contribution in [1.82, 2.24) is 4.72 Å². The average molecular weight is 149 g/mol. The van der Waals surface area contributed by atoms with Crippen molar-refractivity contribution in [3.8, 4) is 0 Å². The fourth-order valence-corrected chi connectivity index (χ4v) is 1.09. The first-order valence-corrected chi connectivity index (χ1v) is 4.60. The monoisotopic (exact) mass is 149 g/mol. The van der Waals surface area contributed by atoms with Gasteiger partial charge < -0.3 is 4.55 Å². The van der Waals surface area contributed by atoms with Crippen molar-refractivity contribution in [2.24, 2.45) is 5.92 Å². The van der Waals surface area contributed by atoms with Crippen LogP contribution < -0.4 is 4.72 Å². The minimum absolute atomic E-state index is 0.584. The van der Waals surface area contributed by atoms with Gasteiger partial charge in [0.25, 0.3) is 0 Å². The van der Waals surface area contributed by atoms with Gasteiger partial charge in [-0.1, -0.05) is 13.8 Å². The lowest BCUT2D eigenvalue weighted by Gasteiger charge is -2.09. The van der Waals surface area contributed by atoms with E-state index in [0.717, 1.165) is 6.54 Å². The highest BCUT2D eigenvalue weighted by atomic mass is 32.2. The van der Waals surface area contributed by atoms with Gasteiger partial charge in [0.15, 0.2) is 0 Å². The molecule has 0 spiro atoms. The van der Waals surface area contributed by atoms with Gasteiger partial charge in [0, 0.05) is 17.9 Å². The van der Waals surface area contributed by atoms with Gasteiger partial charge in [-0.3, -0.25) is 0 Å². The van der Waals surface area contributed by atoms with Gasteiger partial charge in [-0.25, -0.2) is 0 Å². The molecule has 0 aromatic heterocycles. The van der Waals surface area contributed by atoms with Crippen molar-refractivity contribution in [1.29, 1.82) is 0 Å². The van der Waals surface area contributed by atoms with Crippen LogP contribution in [0.2, 0.25) is 0 Å². The highest BCUT2D eigenvalue weighted by molar-refractivity contribution is 7.89. The Hall–Kier alpha value is 0.270. The summed E-state index contributed by atoms with van der Waals surface area (Å²) in [6, 6.07) is 0. The zero-order valence-electron chi connectivity index (χ0n) is 6.31. The van der Waals surface area contributed by atoms with Crippen molar-refractivity contribution >= 4 is 11.4 Å². The van der Waals surface area contributed by atoms with E-state index in [4.69, 9.17) is 0 Å². The van der Waals surface area contributed by atoms with E-state index in [-0.39, 0.29) is 0 Å². The molecule has 9 heavy (non-hydrogen) atoms. The molecule has 0 aliphatic carbocycles. The summed E-state index contributed by atoms with van der Waals surface area (Å²) in [6.07, 6.45) is 0. The lowest BCUT2D eigenvalue weighted by atomic mass is 10.2. The first-order chi connectivity index (χ1) is 4.16. The number of nitrogens with one attached hydrogen (secondary N) is 1. The van der Waals surface area contributed by atoms with E-state index in [1.54, 1.807) is 0 Å². The predicted molar refractivity (Wildman–Crippen MR) is 41.5 cm³/mol. The summed E-state index contributed by atoms with van der Waals surface area (Å²) in [6.45, 7) is 6.95. The highest BCUT2D eigenvalue weighted by Gasteiger charge is 2.01. The number of hydrogen-bond acceptors (Lipinski definition) is 2. The van der Waals surface area contributed by atoms with E-state index in [1.165, 1.54) is 0 Å². The summed E-state index contributed by atoms with van der Waals surface area (Å²) >= 11 is -0.798. The van der Waals surface area contributed by atoms with Gasteiger partial charge in [0.05, 0.1) is 0 Å². The normalized spacial score (nSPS) is 14.3. The summed E-state index contributed by atoms with van der Waals surface area (Å²) in [5.74, 6) is 1.28. The second-order valence-corrected chi connectivity index (χ2v) is 3.93. The topological polar surface area (TPSA) is 35.1 Å². The highest BCUT2D eigenvalue weighted by Crippen LogP contribution is 1.90. The van der Waals surface area contributed by atoms with Gasteiger partial charge in [-0.05, 0) is 12.8 Å². The van der Waals surface area contributed by atoms with Crippen LogP contribution >= 0.6 is 0 Å². The molecule has 0 saturated carbocycles. The van der Waals surface area contributed by atoms with Crippen LogP contribution in [-0.4, -0.2) is 16.9 Å². The van der Waals surface area contributed by atoms with Crippen molar-refractivity contribution in [3.63, 3.8) is 0 Å². The van der Waals surface area contributed by atoms with Crippen molar-refractivity contribution < 1.29 is 4.55 Å². The van der Waals surface area contributed by atoms with Crippen LogP contribution in [0.5, 0.6) is 0 Å². The summed E-state index contributed by atoms with van der Waals surface area (Å²) in [5.41, 5.74) is 0. The molecule has 56 valence electrons. The maximum absolute atomic E-state index is 10.7. The molecule has 0 aliphatic rings. The minimum atomic E-state index is -0.798. The number of rotatable bonds is 4. The molecular weight excluding hydrogens is 134 g/mol. The Morgan fingerprint density at radius 1 is 1.56 bits per heavy atom. The van der Waals surface area contributed by atoms with Gasteiger partial charge in [-0.15, -0.1) is 4.72 Å². The molecule has 0 rings (SSSR count). The fraction of sp³-hybridized carbons (Fsp3) is 1.00. The zero-order chi connectivity index (χ0) is 7.28. The summed E-state index contributed by atoms with van der Waals surface area (Å²) in [7, 11) is 0. The number of hydrogen-bond donors (Lipinski definition) is 1. The smallest absolute Gasteiger partial charge is 0.122 e. The minimum Gasteiger partial charge on any atom is -0.598 e. The Morgan fingerprint density at radius 3 is 2.44 bits per heavy atom. The maximum Gasteiger partial charge on any atom is 0.122 e. The van der Waals surface area contributed by atoms with E-state index >= 15 is 0 Å². The Bertz CT molecular complexity index is 68.1. The van der Waals surface area contributed by atoms with Crippen LogP contribution in [0.25, 0.3) is 0 Å². The molecule has 1 unspecified atom stereocenters. The fourth-order valence-electron chi connectivity index (χ4n) is 0.362. The lowest BCUT2D eigenvalue weighted by molar-refractivity contribution is 0.560. The SMILES string of the molecule is CC[S+]([O-])NCC(C)C. The second-order valence-electron chi connectivity index (χ2n) is 2.38. The third-order valence-electron chi connectivity index (χ3n) is 0.915. The molecular formula is C6H15NOS. The van der Waals surface area contributed by atoms with E-state index in [9.17, 15) is 4.55 Å². The molecule has 3 heteroatoms. The van der Waals surface area contributed by atoms with E-state index in [2.05, 4.69) is 18.6 Å². The Kier molecular flexibility index (Phi) is 5.24. The third kappa shape index (κ3) is 6.15. The predicted octanol–water partition coefficient (Wildman–Crippen LogP) is 0.916. The van der Waals surface area contributed by atoms with E-state index in [1.807, 2.05) is 6.92 Å². The molecule has 0 aromatic rings. The molecule has 0 bridgehead atoms. The van der Waals surface area contributed by atoms with Crippen LogP contribution in [0.3, 0.4) is 0 Å². The summed E-state index contributed by atoms with van der Waals surface area (Å²) in [5, 5.41) is 0. The molecule has 1 N–H and O–H groups in total.